The van der Waals surface area contributed by atoms with Gasteiger partial charge in [-0.15, -0.1) is 0 Å². The summed E-state index contributed by atoms with van der Waals surface area (Å²) in [6.45, 7) is 5.37. The van der Waals surface area contributed by atoms with E-state index in [0.29, 0.717) is 5.69 Å². The van der Waals surface area contributed by atoms with Crippen molar-refractivity contribution in [1.29, 1.82) is 0 Å². The van der Waals surface area contributed by atoms with Gasteiger partial charge in [0, 0.05) is 5.69 Å². The molecule has 2 amide bonds. The molecule has 0 aliphatic rings. The van der Waals surface area contributed by atoms with Crippen LogP contribution in [0.5, 0.6) is 0 Å². The van der Waals surface area contributed by atoms with Crippen LogP contribution in [-0.2, 0) is 32.0 Å². The minimum Gasteiger partial charge on any atom is -0.454 e. The second-order valence-corrected chi connectivity index (χ2v) is 7.91. The fraction of sp³-hybridized carbons (Fsp3) is 0.400. The minimum atomic E-state index is -0.818. The van der Waals surface area contributed by atoms with E-state index in [2.05, 4.69) is 17.6 Å². The lowest BCUT2D eigenvalue weighted by molar-refractivity contribution is -0.151. The topological polar surface area (TPSA) is 84.5 Å². The first kappa shape index (κ1) is 24.1. The summed E-state index contributed by atoms with van der Waals surface area (Å²) in [7, 11) is 0. The number of rotatable bonds is 11. The molecule has 0 aromatic heterocycles. The van der Waals surface area contributed by atoms with E-state index in [-0.39, 0.29) is 18.2 Å². The van der Waals surface area contributed by atoms with Crippen LogP contribution >= 0.6 is 0 Å². The molecule has 6 heteroatoms. The Hall–Kier alpha value is -3.15. The first-order chi connectivity index (χ1) is 14.9. The maximum atomic E-state index is 12.5. The third-order valence-electron chi connectivity index (χ3n) is 4.85. The van der Waals surface area contributed by atoms with Gasteiger partial charge < -0.3 is 15.4 Å². The van der Waals surface area contributed by atoms with Gasteiger partial charge >= 0.3 is 5.97 Å². The van der Waals surface area contributed by atoms with Crippen LogP contribution in [0.25, 0.3) is 0 Å². The molecule has 0 unspecified atom stereocenters. The highest BCUT2D eigenvalue weighted by Gasteiger charge is 2.26. The first-order valence-electron chi connectivity index (χ1n) is 10.8. The molecular formula is C25H32N2O4. The van der Waals surface area contributed by atoms with Crippen molar-refractivity contribution in [2.75, 3.05) is 11.9 Å². The molecule has 0 heterocycles. The molecule has 0 aliphatic carbocycles. The molecule has 31 heavy (non-hydrogen) atoms. The van der Waals surface area contributed by atoms with E-state index >= 15 is 0 Å². The lowest BCUT2D eigenvalue weighted by atomic mass is 10.0. The van der Waals surface area contributed by atoms with E-state index in [9.17, 15) is 14.4 Å². The van der Waals surface area contributed by atoms with Gasteiger partial charge in [-0.25, -0.2) is 4.79 Å². The smallest absolute Gasteiger partial charge is 0.329 e. The number of esters is 1. The van der Waals surface area contributed by atoms with Crippen LogP contribution in [-0.4, -0.2) is 30.4 Å². The van der Waals surface area contributed by atoms with E-state index in [1.54, 1.807) is 0 Å². The van der Waals surface area contributed by atoms with E-state index < -0.39 is 24.5 Å². The van der Waals surface area contributed by atoms with Gasteiger partial charge in [-0.05, 0) is 42.0 Å². The Morgan fingerprint density at radius 3 is 2.19 bits per heavy atom. The maximum absolute atomic E-state index is 12.5. The molecule has 0 bridgehead atoms. The number of amides is 2. The predicted molar refractivity (Wildman–Crippen MR) is 122 cm³/mol. The SMILES string of the molecule is CCCCc1ccc(NC(=O)COC(=O)[C@@H](NC(=O)Cc2ccccc2)C(C)C)cc1. The Kier molecular flexibility index (Phi) is 9.75. The van der Waals surface area contributed by atoms with Gasteiger partial charge in [0.2, 0.25) is 5.91 Å². The number of hydrogen-bond acceptors (Lipinski definition) is 4. The Balaban J connectivity index is 1.82. The lowest BCUT2D eigenvalue weighted by Crippen LogP contribution is -2.46. The molecule has 2 aromatic rings. The highest BCUT2D eigenvalue weighted by atomic mass is 16.5. The second-order valence-electron chi connectivity index (χ2n) is 7.91. The van der Waals surface area contributed by atoms with Crippen LogP contribution in [0.3, 0.4) is 0 Å². The molecule has 0 spiro atoms. The zero-order chi connectivity index (χ0) is 22.6. The molecule has 0 aliphatic heterocycles. The number of aryl methyl sites for hydroxylation is 1. The highest BCUT2D eigenvalue weighted by molar-refractivity contribution is 5.93. The molecule has 2 aromatic carbocycles. The van der Waals surface area contributed by atoms with Gasteiger partial charge in [-0.3, -0.25) is 9.59 Å². The zero-order valence-corrected chi connectivity index (χ0v) is 18.5. The Bertz CT molecular complexity index is 848. The molecule has 2 rings (SSSR count). The molecule has 0 saturated heterocycles. The normalized spacial score (nSPS) is 11.6. The second kappa shape index (κ2) is 12.5. The average Bonchev–Trinajstić information content (AvgIpc) is 2.76. The molecule has 6 nitrogen and oxygen atoms in total. The van der Waals surface area contributed by atoms with E-state index in [0.717, 1.165) is 24.8 Å². The molecule has 166 valence electrons. The number of carbonyl (C=O) groups excluding carboxylic acids is 3. The van der Waals surface area contributed by atoms with Gasteiger partial charge in [0.25, 0.3) is 5.91 Å². The van der Waals surface area contributed by atoms with Crippen LogP contribution in [0.1, 0.15) is 44.7 Å². The number of unbranched alkanes of at least 4 members (excludes halogenated alkanes) is 1. The predicted octanol–water partition coefficient (Wildman–Crippen LogP) is 3.89. The van der Waals surface area contributed by atoms with Crippen molar-refractivity contribution in [2.45, 2.75) is 52.5 Å². The Morgan fingerprint density at radius 1 is 0.903 bits per heavy atom. The summed E-state index contributed by atoms with van der Waals surface area (Å²) >= 11 is 0. The number of ether oxygens (including phenoxy) is 1. The summed E-state index contributed by atoms with van der Waals surface area (Å²) in [5.74, 6) is -1.49. The van der Waals surface area contributed by atoms with Crippen molar-refractivity contribution in [3.05, 3.63) is 65.7 Å². The van der Waals surface area contributed by atoms with Gasteiger partial charge in [-0.2, -0.15) is 0 Å². The summed E-state index contributed by atoms with van der Waals surface area (Å²) in [5, 5.41) is 5.43. The van der Waals surface area contributed by atoms with Crippen LogP contribution in [0.15, 0.2) is 54.6 Å². The van der Waals surface area contributed by atoms with Gasteiger partial charge in [0.05, 0.1) is 6.42 Å². The Labute approximate surface area is 184 Å². The van der Waals surface area contributed by atoms with Crippen LogP contribution < -0.4 is 10.6 Å². The summed E-state index contributed by atoms with van der Waals surface area (Å²) in [4.78, 5) is 36.9. The summed E-state index contributed by atoms with van der Waals surface area (Å²) in [5.41, 5.74) is 2.73. The fourth-order valence-corrected chi connectivity index (χ4v) is 3.06. The maximum Gasteiger partial charge on any atom is 0.329 e. The van der Waals surface area contributed by atoms with Crippen molar-refractivity contribution in [1.82, 2.24) is 5.32 Å². The fourth-order valence-electron chi connectivity index (χ4n) is 3.06. The monoisotopic (exact) mass is 424 g/mol. The average molecular weight is 425 g/mol. The van der Waals surface area contributed by atoms with Crippen molar-refractivity contribution >= 4 is 23.5 Å². The van der Waals surface area contributed by atoms with Gasteiger partial charge in [0.15, 0.2) is 6.61 Å². The number of anilines is 1. The molecule has 0 fully saturated rings. The highest BCUT2D eigenvalue weighted by Crippen LogP contribution is 2.12. The molecule has 1 atom stereocenters. The first-order valence-corrected chi connectivity index (χ1v) is 10.8. The number of nitrogens with one attached hydrogen (secondary N) is 2. The van der Waals surface area contributed by atoms with E-state index in [1.165, 1.54) is 5.56 Å². The summed E-state index contributed by atoms with van der Waals surface area (Å²) < 4.78 is 5.16. The minimum absolute atomic E-state index is 0.173. The largest absolute Gasteiger partial charge is 0.454 e. The third-order valence-corrected chi connectivity index (χ3v) is 4.85. The van der Waals surface area contributed by atoms with Crippen molar-refractivity contribution in [3.63, 3.8) is 0 Å². The third kappa shape index (κ3) is 8.62. The van der Waals surface area contributed by atoms with E-state index in [4.69, 9.17) is 4.74 Å². The lowest BCUT2D eigenvalue weighted by Gasteiger charge is -2.20. The Morgan fingerprint density at radius 2 is 1.58 bits per heavy atom. The van der Waals surface area contributed by atoms with Gasteiger partial charge in [0.1, 0.15) is 6.04 Å². The zero-order valence-electron chi connectivity index (χ0n) is 18.5. The van der Waals surface area contributed by atoms with Gasteiger partial charge in [-0.1, -0.05) is 69.7 Å². The number of carbonyl (C=O) groups is 3. The standard InChI is InChI=1S/C25H32N2O4/c1-4-5-9-19-12-14-21(15-13-19)26-23(29)17-31-25(30)24(18(2)3)27-22(28)16-20-10-7-6-8-11-20/h6-8,10-15,18,24H,4-5,9,16-17H2,1-3H3,(H,26,29)(H,27,28)/t24-/m0/s1. The quantitative estimate of drug-likeness (QED) is 0.536. The van der Waals surface area contributed by atoms with Crippen molar-refractivity contribution < 1.29 is 19.1 Å². The number of hydrogen-bond donors (Lipinski definition) is 2. The van der Waals surface area contributed by atoms with Crippen molar-refractivity contribution in [3.8, 4) is 0 Å². The molecule has 0 saturated carbocycles. The van der Waals surface area contributed by atoms with Crippen molar-refractivity contribution in [2.24, 2.45) is 5.92 Å². The van der Waals surface area contributed by atoms with Crippen LogP contribution in [0.4, 0.5) is 5.69 Å². The summed E-state index contributed by atoms with van der Waals surface area (Å²) in [6.07, 6.45) is 3.44. The van der Waals surface area contributed by atoms with Crippen LogP contribution in [0, 0.1) is 5.92 Å². The van der Waals surface area contributed by atoms with E-state index in [1.807, 2.05) is 68.4 Å². The molecule has 0 radical (unpaired) electrons. The molecule has 2 N–H and O–H groups in total. The molecular weight excluding hydrogens is 392 g/mol. The number of benzene rings is 2. The van der Waals surface area contributed by atoms with Crippen LogP contribution in [0.2, 0.25) is 0 Å². The summed E-state index contributed by atoms with van der Waals surface area (Å²) in [6, 6.07) is 16.1.